The second-order valence-corrected chi connectivity index (χ2v) is 5.89. The first-order chi connectivity index (χ1) is 9.54. The smallest absolute Gasteiger partial charge is 0.126 e. The van der Waals surface area contributed by atoms with Gasteiger partial charge >= 0.3 is 0 Å². The highest BCUT2D eigenvalue weighted by Gasteiger charge is 2.11. The summed E-state index contributed by atoms with van der Waals surface area (Å²) in [6.07, 6.45) is -0.656. The average molecular weight is 315 g/mol. The third-order valence-electron chi connectivity index (χ3n) is 2.72. The van der Waals surface area contributed by atoms with E-state index in [1.807, 2.05) is 12.1 Å². The van der Waals surface area contributed by atoms with Gasteiger partial charge in [0.15, 0.2) is 0 Å². The van der Waals surface area contributed by atoms with Crippen LogP contribution in [0.5, 0.6) is 0 Å². The van der Waals surface area contributed by atoms with Gasteiger partial charge in [-0.25, -0.2) is 8.78 Å². The van der Waals surface area contributed by atoms with Crippen molar-refractivity contribution in [2.24, 2.45) is 0 Å². The van der Waals surface area contributed by atoms with Crippen molar-refractivity contribution in [1.82, 2.24) is 0 Å². The van der Waals surface area contributed by atoms with Gasteiger partial charge in [0.25, 0.3) is 0 Å². The van der Waals surface area contributed by atoms with E-state index in [1.165, 1.54) is 11.8 Å². The second-order valence-electron chi connectivity index (χ2n) is 4.36. The van der Waals surface area contributed by atoms with Crippen molar-refractivity contribution >= 4 is 23.4 Å². The number of thioether (sulfide) groups is 1. The molecule has 0 fully saturated rings. The Kier molecular flexibility index (Phi) is 5.40. The van der Waals surface area contributed by atoms with Crippen LogP contribution < -0.4 is 0 Å². The molecule has 1 atom stereocenters. The molecular weight excluding hydrogens is 302 g/mol. The number of hydrogen-bond acceptors (Lipinski definition) is 2. The van der Waals surface area contributed by atoms with Crippen LogP contribution in [0.1, 0.15) is 5.56 Å². The van der Waals surface area contributed by atoms with Gasteiger partial charge in [-0.2, -0.15) is 0 Å². The van der Waals surface area contributed by atoms with Gasteiger partial charge in [-0.3, -0.25) is 0 Å². The fourth-order valence-corrected chi connectivity index (χ4v) is 2.69. The summed E-state index contributed by atoms with van der Waals surface area (Å²) in [5, 5.41) is 10.5. The molecule has 0 saturated heterocycles. The van der Waals surface area contributed by atoms with Crippen molar-refractivity contribution in [2.45, 2.75) is 17.4 Å². The van der Waals surface area contributed by atoms with Crippen molar-refractivity contribution in [3.63, 3.8) is 0 Å². The van der Waals surface area contributed by atoms with E-state index in [2.05, 4.69) is 0 Å². The van der Waals surface area contributed by atoms with E-state index in [0.29, 0.717) is 10.8 Å². The Labute approximate surface area is 125 Å². The van der Waals surface area contributed by atoms with Gasteiger partial charge in [-0.15, -0.1) is 11.8 Å². The van der Waals surface area contributed by atoms with Crippen molar-refractivity contribution in [2.75, 3.05) is 5.75 Å². The second kappa shape index (κ2) is 7.07. The van der Waals surface area contributed by atoms with E-state index in [4.69, 9.17) is 11.6 Å². The lowest BCUT2D eigenvalue weighted by Crippen LogP contribution is -2.14. The van der Waals surface area contributed by atoms with E-state index in [0.717, 1.165) is 23.1 Å². The molecule has 0 aliphatic heterocycles. The molecule has 0 aliphatic carbocycles. The van der Waals surface area contributed by atoms with E-state index in [1.54, 1.807) is 12.1 Å². The Morgan fingerprint density at radius 2 is 1.80 bits per heavy atom. The normalized spacial score (nSPS) is 12.4. The number of rotatable bonds is 5. The molecule has 0 aromatic heterocycles. The Balaban J connectivity index is 1.90. The third kappa shape index (κ3) is 4.47. The molecule has 2 rings (SSSR count). The zero-order valence-electron chi connectivity index (χ0n) is 10.5. The van der Waals surface area contributed by atoms with Gasteiger partial charge in [-0.1, -0.05) is 11.6 Å². The third-order valence-corrected chi connectivity index (χ3v) is 4.13. The molecule has 0 amide bonds. The van der Waals surface area contributed by atoms with Crippen LogP contribution in [-0.2, 0) is 6.42 Å². The maximum atomic E-state index is 13.4. The molecule has 2 aromatic rings. The van der Waals surface area contributed by atoms with Crippen molar-refractivity contribution in [1.29, 1.82) is 0 Å². The average Bonchev–Trinajstić information content (AvgIpc) is 2.42. The monoisotopic (exact) mass is 314 g/mol. The predicted octanol–water partition coefficient (Wildman–Crippen LogP) is 4.31. The quantitative estimate of drug-likeness (QED) is 0.830. The number of aliphatic hydroxyl groups excluding tert-OH is 1. The van der Waals surface area contributed by atoms with Crippen molar-refractivity contribution < 1.29 is 13.9 Å². The first kappa shape index (κ1) is 15.3. The van der Waals surface area contributed by atoms with Gasteiger partial charge in [-0.05, 0) is 48.0 Å². The Morgan fingerprint density at radius 3 is 2.50 bits per heavy atom. The van der Waals surface area contributed by atoms with Crippen LogP contribution in [0.25, 0.3) is 0 Å². The fraction of sp³-hybridized carbons (Fsp3) is 0.200. The SMILES string of the molecule is OC(CSc1ccc(Cl)cc1)Cc1cc(F)ccc1F. The van der Waals surface area contributed by atoms with Crippen LogP contribution in [-0.4, -0.2) is 17.0 Å². The Morgan fingerprint density at radius 1 is 1.10 bits per heavy atom. The number of benzene rings is 2. The van der Waals surface area contributed by atoms with Gasteiger partial charge in [0, 0.05) is 22.1 Å². The van der Waals surface area contributed by atoms with Crippen LogP contribution in [0, 0.1) is 11.6 Å². The lowest BCUT2D eigenvalue weighted by molar-refractivity contribution is 0.198. The number of halogens is 3. The summed E-state index contributed by atoms with van der Waals surface area (Å²) >= 11 is 7.22. The molecule has 5 heteroatoms. The Bertz CT molecular complexity index is 575. The fourth-order valence-electron chi connectivity index (χ4n) is 1.74. The van der Waals surface area contributed by atoms with Gasteiger partial charge < -0.3 is 5.11 Å². The summed E-state index contributed by atoms with van der Waals surface area (Å²) in [7, 11) is 0. The lowest BCUT2D eigenvalue weighted by Gasteiger charge is -2.11. The number of aliphatic hydroxyl groups is 1. The molecule has 0 spiro atoms. The molecule has 20 heavy (non-hydrogen) atoms. The van der Waals surface area contributed by atoms with Crippen LogP contribution >= 0.6 is 23.4 Å². The Hall–Kier alpha value is -1.10. The summed E-state index contributed by atoms with van der Waals surface area (Å²) in [6, 6.07) is 10.5. The van der Waals surface area contributed by atoms with Gasteiger partial charge in [0.05, 0.1) is 6.10 Å². The molecule has 2 aromatic carbocycles. The highest BCUT2D eigenvalue weighted by molar-refractivity contribution is 7.99. The van der Waals surface area contributed by atoms with E-state index >= 15 is 0 Å². The van der Waals surface area contributed by atoms with E-state index in [9.17, 15) is 13.9 Å². The first-order valence-corrected chi connectivity index (χ1v) is 7.41. The van der Waals surface area contributed by atoms with Crippen LogP contribution in [0.4, 0.5) is 8.78 Å². The molecule has 106 valence electrons. The first-order valence-electron chi connectivity index (χ1n) is 6.05. The van der Waals surface area contributed by atoms with E-state index in [-0.39, 0.29) is 12.0 Å². The molecule has 0 bridgehead atoms. The summed E-state index contributed by atoms with van der Waals surface area (Å²) < 4.78 is 26.5. The lowest BCUT2D eigenvalue weighted by atomic mass is 10.1. The summed E-state index contributed by atoms with van der Waals surface area (Å²) in [4.78, 5) is 0.966. The predicted molar refractivity (Wildman–Crippen MR) is 78.2 cm³/mol. The highest BCUT2D eigenvalue weighted by Crippen LogP contribution is 2.22. The number of hydrogen-bond donors (Lipinski definition) is 1. The standard InChI is InChI=1S/C15H13ClF2OS/c16-11-1-4-14(5-2-11)20-9-13(19)8-10-7-12(17)3-6-15(10)18/h1-7,13,19H,8-9H2. The van der Waals surface area contributed by atoms with Gasteiger partial charge in [0.1, 0.15) is 11.6 Å². The van der Waals surface area contributed by atoms with Crippen LogP contribution in [0.2, 0.25) is 5.02 Å². The molecule has 1 unspecified atom stereocenters. The van der Waals surface area contributed by atoms with Crippen LogP contribution in [0.3, 0.4) is 0 Å². The van der Waals surface area contributed by atoms with E-state index < -0.39 is 17.7 Å². The summed E-state index contributed by atoms with van der Waals surface area (Å²) in [5.74, 6) is -0.599. The van der Waals surface area contributed by atoms with Crippen molar-refractivity contribution in [3.8, 4) is 0 Å². The minimum atomic E-state index is -0.744. The zero-order chi connectivity index (χ0) is 14.5. The molecule has 0 heterocycles. The topological polar surface area (TPSA) is 20.2 Å². The van der Waals surface area contributed by atoms with Crippen LogP contribution in [0.15, 0.2) is 47.4 Å². The maximum absolute atomic E-state index is 13.4. The summed E-state index contributed by atoms with van der Waals surface area (Å²) in [6.45, 7) is 0. The molecular formula is C15H13ClF2OS. The van der Waals surface area contributed by atoms with Crippen molar-refractivity contribution in [3.05, 3.63) is 64.7 Å². The van der Waals surface area contributed by atoms with Gasteiger partial charge in [0.2, 0.25) is 0 Å². The minimum Gasteiger partial charge on any atom is -0.392 e. The summed E-state index contributed by atoms with van der Waals surface area (Å²) in [5.41, 5.74) is 0.189. The molecule has 0 aliphatic rings. The molecule has 1 N–H and O–H groups in total. The molecule has 0 radical (unpaired) electrons. The zero-order valence-corrected chi connectivity index (χ0v) is 12.1. The largest absolute Gasteiger partial charge is 0.392 e. The molecule has 0 saturated carbocycles. The highest BCUT2D eigenvalue weighted by atomic mass is 35.5. The minimum absolute atomic E-state index is 0.0875. The maximum Gasteiger partial charge on any atom is 0.126 e. The molecule has 1 nitrogen and oxygen atoms in total.